The molecule has 70 heavy (non-hydrogen) atoms. The van der Waals surface area contributed by atoms with Crippen LogP contribution in [0.1, 0.15) is 348 Å². The van der Waals surface area contributed by atoms with E-state index in [4.69, 9.17) is 4.74 Å². The molecule has 0 spiro atoms. The molecule has 0 aliphatic rings. The van der Waals surface area contributed by atoms with Gasteiger partial charge in [-0.3, -0.25) is 9.59 Å². The lowest BCUT2D eigenvalue weighted by Gasteiger charge is -2.22. The van der Waals surface area contributed by atoms with Crippen molar-refractivity contribution in [3.8, 4) is 0 Å². The summed E-state index contributed by atoms with van der Waals surface area (Å²) in [4.78, 5) is 24.6. The third kappa shape index (κ3) is 55.7. The minimum absolute atomic E-state index is 0.000700. The van der Waals surface area contributed by atoms with Crippen molar-refractivity contribution in [1.29, 1.82) is 0 Å². The Balaban J connectivity index is 3.40. The number of carbonyl (C=O) groups is 2. The van der Waals surface area contributed by atoms with Gasteiger partial charge in [0.25, 0.3) is 0 Å². The maximum absolute atomic E-state index is 12.5. The first-order valence-corrected chi connectivity index (χ1v) is 31.6. The van der Waals surface area contributed by atoms with Crippen LogP contribution in [-0.2, 0) is 14.3 Å². The molecule has 6 heteroatoms. The van der Waals surface area contributed by atoms with E-state index in [1.165, 1.54) is 263 Å². The standard InChI is InChI=1S/C64H123NO5/c1-3-5-7-9-11-13-15-17-19-21-26-30-34-38-42-46-50-54-58-64(69)70-59-55-51-47-43-39-35-31-27-23-22-25-29-33-37-41-45-49-53-57-63(68)65-61(60-66)62(67)56-52-48-44-40-36-32-28-24-20-18-16-14-12-10-8-6-4-2/h13,15,19,21,61-62,66-67H,3-12,14,16-18,20,22-60H2,1-2H3,(H,65,68)/b15-13-,21-19-. The molecule has 1 amide bonds. The molecule has 0 radical (unpaired) electrons. The second-order valence-corrected chi connectivity index (χ2v) is 21.7. The third-order valence-electron chi connectivity index (χ3n) is 14.8. The molecule has 0 bridgehead atoms. The highest BCUT2D eigenvalue weighted by atomic mass is 16.5. The largest absolute Gasteiger partial charge is 0.466 e. The van der Waals surface area contributed by atoms with Crippen LogP contribution >= 0.6 is 0 Å². The number of nitrogens with one attached hydrogen (secondary N) is 1. The Hall–Kier alpha value is -1.66. The number of esters is 1. The van der Waals surface area contributed by atoms with Crippen LogP contribution in [0, 0.1) is 0 Å². The number of aliphatic hydroxyl groups excluding tert-OH is 2. The monoisotopic (exact) mass is 986 g/mol. The molecule has 414 valence electrons. The van der Waals surface area contributed by atoms with Crippen molar-refractivity contribution in [2.75, 3.05) is 13.2 Å². The summed E-state index contributed by atoms with van der Waals surface area (Å²) in [6.07, 6.45) is 73.2. The van der Waals surface area contributed by atoms with Crippen molar-refractivity contribution in [1.82, 2.24) is 5.32 Å². The second kappa shape index (κ2) is 59.9. The number of amides is 1. The molecule has 0 aliphatic carbocycles. The van der Waals surface area contributed by atoms with Gasteiger partial charge in [-0.15, -0.1) is 0 Å². The zero-order valence-electron chi connectivity index (χ0n) is 47.3. The van der Waals surface area contributed by atoms with E-state index in [0.29, 0.717) is 25.9 Å². The van der Waals surface area contributed by atoms with Crippen LogP contribution in [-0.4, -0.2) is 47.4 Å². The Morgan fingerprint density at radius 3 is 1.10 bits per heavy atom. The minimum atomic E-state index is -0.667. The Kier molecular flexibility index (Phi) is 58.5. The highest BCUT2D eigenvalue weighted by Gasteiger charge is 2.20. The molecular weight excluding hydrogens is 863 g/mol. The fraction of sp³-hybridized carbons (Fsp3) is 0.906. The lowest BCUT2D eigenvalue weighted by molar-refractivity contribution is -0.143. The summed E-state index contributed by atoms with van der Waals surface area (Å²) in [5, 5.41) is 23.3. The molecule has 2 atom stereocenters. The summed E-state index contributed by atoms with van der Waals surface area (Å²) in [5.74, 6) is -0.0358. The molecule has 6 nitrogen and oxygen atoms in total. The highest BCUT2D eigenvalue weighted by molar-refractivity contribution is 5.76. The van der Waals surface area contributed by atoms with Crippen molar-refractivity contribution >= 4 is 11.9 Å². The van der Waals surface area contributed by atoms with E-state index in [0.717, 1.165) is 51.4 Å². The number of hydrogen-bond acceptors (Lipinski definition) is 5. The maximum Gasteiger partial charge on any atom is 0.305 e. The van der Waals surface area contributed by atoms with Crippen LogP contribution in [0.3, 0.4) is 0 Å². The molecule has 0 fully saturated rings. The van der Waals surface area contributed by atoms with Gasteiger partial charge in [-0.05, 0) is 57.8 Å². The molecule has 0 rings (SSSR count). The third-order valence-corrected chi connectivity index (χ3v) is 14.8. The van der Waals surface area contributed by atoms with Gasteiger partial charge in [0.2, 0.25) is 5.91 Å². The zero-order chi connectivity index (χ0) is 50.7. The molecule has 0 heterocycles. The van der Waals surface area contributed by atoms with Gasteiger partial charge in [-0.25, -0.2) is 0 Å². The quantitative estimate of drug-likeness (QED) is 0.0321. The molecule has 0 aromatic heterocycles. The lowest BCUT2D eigenvalue weighted by atomic mass is 10.0. The van der Waals surface area contributed by atoms with E-state index in [1.54, 1.807) is 0 Å². The number of hydrogen-bond donors (Lipinski definition) is 3. The molecular formula is C64H123NO5. The normalized spacial score (nSPS) is 12.7. The number of ether oxygens (including phenoxy) is 1. The topological polar surface area (TPSA) is 95.9 Å². The van der Waals surface area contributed by atoms with Gasteiger partial charge in [0.1, 0.15) is 0 Å². The molecule has 0 aliphatic heterocycles. The average Bonchev–Trinajstić information content (AvgIpc) is 3.36. The minimum Gasteiger partial charge on any atom is -0.466 e. The predicted octanol–water partition coefficient (Wildman–Crippen LogP) is 19.8. The van der Waals surface area contributed by atoms with Crippen LogP contribution < -0.4 is 5.32 Å². The fourth-order valence-corrected chi connectivity index (χ4v) is 9.91. The van der Waals surface area contributed by atoms with Crippen molar-refractivity contribution in [3.63, 3.8) is 0 Å². The van der Waals surface area contributed by atoms with E-state index >= 15 is 0 Å². The summed E-state index contributed by atoms with van der Waals surface area (Å²) in [6.45, 7) is 4.95. The van der Waals surface area contributed by atoms with Crippen molar-refractivity contribution in [3.05, 3.63) is 24.3 Å². The molecule has 2 unspecified atom stereocenters. The van der Waals surface area contributed by atoms with Crippen LogP contribution in [0.2, 0.25) is 0 Å². The Morgan fingerprint density at radius 1 is 0.400 bits per heavy atom. The second-order valence-electron chi connectivity index (χ2n) is 21.7. The van der Waals surface area contributed by atoms with Gasteiger partial charge < -0.3 is 20.3 Å². The highest BCUT2D eigenvalue weighted by Crippen LogP contribution is 2.18. The molecule has 0 aromatic carbocycles. The number of rotatable bonds is 59. The van der Waals surface area contributed by atoms with Gasteiger partial charge in [0.05, 0.1) is 25.4 Å². The van der Waals surface area contributed by atoms with Crippen molar-refractivity contribution in [2.24, 2.45) is 0 Å². The summed E-state index contributed by atoms with van der Waals surface area (Å²) >= 11 is 0. The van der Waals surface area contributed by atoms with Crippen LogP contribution in [0.15, 0.2) is 24.3 Å². The van der Waals surface area contributed by atoms with Gasteiger partial charge in [-0.1, -0.05) is 301 Å². The number of allylic oxidation sites excluding steroid dienone is 4. The summed E-state index contributed by atoms with van der Waals surface area (Å²) < 4.78 is 5.49. The maximum atomic E-state index is 12.5. The van der Waals surface area contributed by atoms with Crippen molar-refractivity contribution < 1.29 is 24.5 Å². The van der Waals surface area contributed by atoms with Crippen LogP contribution in [0.5, 0.6) is 0 Å². The van der Waals surface area contributed by atoms with E-state index < -0.39 is 12.1 Å². The molecule has 0 aromatic rings. The number of carbonyl (C=O) groups excluding carboxylic acids is 2. The first kappa shape index (κ1) is 68.3. The summed E-state index contributed by atoms with van der Waals surface area (Å²) in [5.41, 5.74) is 0. The van der Waals surface area contributed by atoms with E-state index in [-0.39, 0.29) is 18.5 Å². The Labute approximate surface area is 437 Å². The Morgan fingerprint density at radius 2 is 0.714 bits per heavy atom. The van der Waals surface area contributed by atoms with E-state index in [9.17, 15) is 19.8 Å². The summed E-state index contributed by atoms with van der Waals surface area (Å²) in [6, 6.07) is -0.545. The SMILES string of the molecule is CCCCCC/C=C\C/C=C\CCCCCCCCCC(=O)OCCCCCCCCCCCCCCCCCCCCC(=O)NC(CO)C(O)CCCCCCCCCCCCCCCCCCC. The smallest absolute Gasteiger partial charge is 0.305 e. The van der Waals surface area contributed by atoms with Gasteiger partial charge in [0.15, 0.2) is 0 Å². The molecule has 0 saturated carbocycles. The van der Waals surface area contributed by atoms with Crippen LogP contribution in [0.25, 0.3) is 0 Å². The van der Waals surface area contributed by atoms with E-state index in [1.807, 2.05) is 0 Å². The summed E-state index contributed by atoms with van der Waals surface area (Å²) in [7, 11) is 0. The van der Waals surface area contributed by atoms with Crippen molar-refractivity contribution in [2.45, 2.75) is 360 Å². The fourth-order valence-electron chi connectivity index (χ4n) is 9.91. The zero-order valence-corrected chi connectivity index (χ0v) is 47.3. The first-order valence-electron chi connectivity index (χ1n) is 31.6. The van der Waals surface area contributed by atoms with E-state index in [2.05, 4.69) is 43.5 Å². The van der Waals surface area contributed by atoms with Gasteiger partial charge in [0, 0.05) is 12.8 Å². The van der Waals surface area contributed by atoms with Gasteiger partial charge in [-0.2, -0.15) is 0 Å². The number of aliphatic hydroxyl groups is 2. The molecule has 3 N–H and O–H groups in total. The average molecular weight is 987 g/mol. The predicted molar refractivity (Wildman–Crippen MR) is 306 cm³/mol. The number of unbranched alkanes of at least 4 members (excludes halogenated alkanes) is 44. The lowest BCUT2D eigenvalue weighted by Crippen LogP contribution is -2.45. The first-order chi connectivity index (χ1) is 34.5. The Bertz CT molecular complexity index is 1090. The van der Waals surface area contributed by atoms with Gasteiger partial charge >= 0.3 is 5.97 Å². The molecule has 0 saturated heterocycles. The van der Waals surface area contributed by atoms with Crippen LogP contribution in [0.4, 0.5) is 0 Å².